The number of nitrogens with one attached hydrogen (secondary N) is 1. The monoisotopic (exact) mass is 413 g/mol. The lowest BCUT2D eigenvalue weighted by atomic mass is 10.1. The fourth-order valence-electron chi connectivity index (χ4n) is 2.89. The topological polar surface area (TPSA) is 98.5 Å². The van der Waals surface area contributed by atoms with Crippen LogP contribution >= 0.6 is 11.8 Å². The minimum Gasteiger partial charge on any atom is -0.455 e. The molecule has 3 aromatic rings. The molecule has 0 radical (unpaired) electrons. The molecule has 3 rings (SSSR count). The van der Waals surface area contributed by atoms with Crippen LogP contribution in [-0.2, 0) is 20.7 Å². The molecule has 0 bridgehead atoms. The fourth-order valence-corrected chi connectivity index (χ4v) is 3.23. The molecular formula is C20H23N5O3S. The Bertz CT molecular complexity index is 1090. The van der Waals surface area contributed by atoms with Crippen molar-refractivity contribution in [3.05, 3.63) is 46.3 Å². The number of nitrogens with zero attached hydrogens (tertiary/aromatic N) is 4. The first-order valence-electron chi connectivity index (χ1n) is 9.08. The summed E-state index contributed by atoms with van der Waals surface area (Å²) in [6.07, 6.45) is 1.89. The Hall–Kier alpha value is -2.94. The number of carbonyl (C=O) groups excluding carboxylic acids is 2. The number of hydrogen-bond acceptors (Lipinski definition) is 7. The smallest absolute Gasteiger partial charge is 0.310 e. The van der Waals surface area contributed by atoms with Gasteiger partial charge in [0.05, 0.1) is 6.42 Å². The molecule has 0 atom stereocenters. The maximum absolute atomic E-state index is 12.3. The molecule has 0 aliphatic rings. The van der Waals surface area contributed by atoms with E-state index in [2.05, 4.69) is 20.4 Å². The Labute approximate surface area is 173 Å². The maximum atomic E-state index is 12.3. The minimum absolute atomic E-state index is 0.00594. The largest absolute Gasteiger partial charge is 0.455 e. The average molecular weight is 414 g/mol. The zero-order chi connectivity index (χ0) is 21.1. The summed E-state index contributed by atoms with van der Waals surface area (Å²) in [4.78, 5) is 33.1. The van der Waals surface area contributed by atoms with E-state index >= 15 is 0 Å². The van der Waals surface area contributed by atoms with Gasteiger partial charge in [0.25, 0.3) is 11.7 Å². The van der Waals surface area contributed by atoms with E-state index in [1.807, 2.05) is 52.1 Å². The number of ether oxygens (including phenoxy) is 1. The van der Waals surface area contributed by atoms with Crippen LogP contribution in [-0.4, -0.2) is 44.3 Å². The molecule has 1 amide bonds. The highest BCUT2D eigenvalue weighted by Crippen LogP contribution is 2.18. The third kappa shape index (κ3) is 4.73. The Kier molecular flexibility index (Phi) is 6.17. The predicted octanol–water partition coefficient (Wildman–Crippen LogP) is 2.80. The van der Waals surface area contributed by atoms with E-state index < -0.39 is 5.97 Å². The predicted molar refractivity (Wildman–Crippen MR) is 111 cm³/mol. The Morgan fingerprint density at radius 2 is 1.90 bits per heavy atom. The molecule has 2 aromatic heterocycles. The molecule has 8 nitrogen and oxygen atoms in total. The highest BCUT2D eigenvalue weighted by atomic mass is 32.2. The highest BCUT2D eigenvalue weighted by Gasteiger charge is 2.17. The standard InChI is InChI=1S/C20H23N5O3S/c1-11-6-7-15(8-12(11)2)22-17(26)10-28-18(27)9-16-13(3)21-19-23-20(29-5)24-25(19)14(16)4/h6-8H,9-10H2,1-5H3,(H,22,26). The van der Waals surface area contributed by atoms with Gasteiger partial charge in [-0.2, -0.15) is 4.98 Å². The van der Waals surface area contributed by atoms with Crippen LogP contribution in [0, 0.1) is 27.7 Å². The fraction of sp³-hybridized carbons (Fsp3) is 0.350. The van der Waals surface area contributed by atoms with Crippen LogP contribution in [0.3, 0.4) is 0 Å². The van der Waals surface area contributed by atoms with Crippen LogP contribution in [0.2, 0.25) is 0 Å². The van der Waals surface area contributed by atoms with E-state index in [1.54, 1.807) is 4.52 Å². The first-order chi connectivity index (χ1) is 13.8. The zero-order valence-electron chi connectivity index (χ0n) is 17.1. The van der Waals surface area contributed by atoms with Crippen LogP contribution in [0.5, 0.6) is 0 Å². The van der Waals surface area contributed by atoms with Gasteiger partial charge in [-0.1, -0.05) is 17.8 Å². The summed E-state index contributed by atoms with van der Waals surface area (Å²) in [6.45, 7) is 7.29. The lowest BCUT2D eigenvalue weighted by molar-refractivity contribution is -0.146. The molecule has 0 saturated carbocycles. The number of thioether (sulfide) groups is 1. The second-order valence-electron chi connectivity index (χ2n) is 6.76. The van der Waals surface area contributed by atoms with E-state index in [9.17, 15) is 9.59 Å². The molecule has 152 valence electrons. The van der Waals surface area contributed by atoms with E-state index in [-0.39, 0.29) is 18.9 Å². The summed E-state index contributed by atoms with van der Waals surface area (Å²) >= 11 is 1.42. The molecule has 0 aliphatic heterocycles. The average Bonchev–Trinajstić information content (AvgIpc) is 3.09. The SMILES string of the molecule is CSc1nc2nc(C)c(CC(=O)OCC(=O)Nc3ccc(C)c(C)c3)c(C)n2n1. The molecule has 2 heterocycles. The Balaban J connectivity index is 1.63. The van der Waals surface area contributed by atoms with Crippen molar-refractivity contribution in [2.45, 2.75) is 39.3 Å². The number of aryl methyl sites for hydroxylation is 4. The molecule has 29 heavy (non-hydrogen) atoms. The maximum Gasteiger partial charge on any atom is 0.310 e. The van der Waals surface area contributed by atoms with Crippen LogP contribution < -0.4 is 5.32 Å². The van der Waals surface area contributed by atoms with Gasteiger partial charge >= 0.3 is 5.97 Å². The second kappa shape index (κ2) is 8.60. The van der Waals surface area contributed by atoms with Gasteiger partial charge in [-0.05, 0) is 57.2 Å². The molecule has 0 aliphatic carbocycles. The van der Waals surface area contributed by atoms with Crippen LogP contribution in [0.25, 0.3) is 5.78 Å². The number of rotatable bonds is 6. The number of carbonyl (C=O) groups is 2. The van der Waals surface area contributed by atoms with Gasteiger partial charge < -0.3 is 10.1 Å². The molecule has 0 unspecified atom stereocenters. The lowest BCUT2D eigenvalue weighted by Gasteiger charge is -2.11. The zero-order valence-corrected chi connectivity index (χ0v) is 17.9. The van der Waals surface area contributed by atoms with Crippen molar-refractivity contribution < 1.29 is 14.3 Å². The van der Waals surface area contributed by atoms with Gasteiger partial charge in [-0.3, -0.25) is 9.59 Å². The van der Waals surface area contributed by atoms with Gasteiger partial charge in [0, 0.05) is 22.6 Å². The number of benzene rings is 1. The van der Waals surface area contributed by atoms with Crippen molar-refractivity contribution in [1.82, 2.24) is 19.6 Å². The van der Waals surface area contributed by atoms with Gasteiger partial charge in [0.15, 0.2) is 6.61 Å². The third-order valence-corrected chi connectivity index (χ3v) is 5.23. The van der Waals surface area contributed by atoms with E-state index in [4.69, 9.17) is 4.74 Å². The molecule has 0 fully saturated rings. The Morgan fingerprint density at radius 3 is 2.59 bits per heavy atom. The Morgan fingerprint density at radius 1 is 1.14 bits per heavy atom. The van der Waals surface area contributed by atoms with Crippen molar-refractivity contribution in [1.29, 1.82) is 0 Å². The van der Waals surface area contributed by atoms with Gasteiger partial charge in [-0.25, -0.2) is 9.50 Å². The molecule has 0 saturated heterocycles. The number of hydrogen-bond donors (Lipinski definition) is 1. The third-order valence-electron chi connectivity index (χ3n) is 4.69. The van der Waals surface area contributed by atoms with Crippen molar-refractivity contribution in [3.63, 3.8) is 0 Å². The summed E-state index contributed by atoms with van der Waals surface area (Å²) < 4.78 is 6.77. The summed E-state index contributed by atoms with van der Waals surface area (Å²) in [5.74, 6) is -0.392. The van der Waals surface area contributed by atoms with Crippen LogP contribution in [0.4, 0.5) is 5.69 Å². The van der Waals surface area contributed by atoms with E-state index in [0.29, 0.717) is 22.3 Å². The number of fused-ring (bicyclic) bond motifs is 1. The van der Waals surface area contributed by atoms with Crippen molar-refractivity contribution in [2.24, 2.45) is 0 Å². The molecule has 9 heteroatoms. The highest BCUT2D eigenvalue weighted by molar-refractivity contribution is 7.98. The van der Waals surface area contributed by atoms with E-state index in [0.717, 1.165) is 22.4 Å². The number of esters is 1. The summed E-state index contributed by atoms with van der Waals surface area (Å²) in [5, 5.41) is 7.71. The van der Waals surface area contributed by atoms with Gasteiger partial charge in [0.1, 0.15) is 0 Å². The summed E-state index contributed by atoms with van der Waals surface area (Å²) in [6, 6.07) is 5.62. The number of amides is 1. The number of anilines is 1. The van der Waals surface area contributed by atoms with Crippen LogP contribution in [0.1, 0.15) is 28.1 Å². The number of aromatic nitrogens is 4. The van der Waals surface area contributed by atoms with Gasteiger partial charge in [-0.15, -0.1) is 5.10 Å². The lowest BCUT2D eigenvalue weighted by Crippen LogP contribution is -2.22. The quantitative estimate of drug-likeness (QED) is 0.490. The first kappa shape index (κ1) is 20.8. The van der Waals surface area contributed by atoms with Crippen molar-refractivity contribution in [3.8, 4) is 0 Å². The minimum atomic E-state index is -0.502. The summed E-state index contributed by atoms with van der Waals surface area (Å²) in [5.41, 5.74) is 5.07. The molecule has 1 aromatic carbocycles. The normalized spacial score (nSPS) is 10.9. The molecular weight excluding hydrogens is 390 g/mol. The van der Waals surface area contributed by atoms with Crippen molar-refractivity contribution in [2.75, 3.05) is 18.2 Å². The van der Waals surface area contributed by atoms with Crippen LogP contribution in [0.15, 0.2) is 23.4 Å². The van der Waals surface area contributed by atoms with Crippen molar-refractivity contribution >= 4 is 35.1 Å². The molecule has 0 spiro atoms. The van der Waals surface area contributed by atoms with Gasteiger partial charge in [0.2, 0.25) is 5.16 Å². The summed E-state index contributed by atoms with van der Waals surface area (Å²) in [7, 11) is 0. The van der Waals surface area contributed by atoms with E-state index in [1.165, 1.54) is 11.8 Å². The first-order valence-corrected chi connectivity index (χ1v) is 10.3. The second-order valence-corrected chi connectivity index (χ2v) is 7.53. The molecule has 1 N–H and O–H groups in total.